The van der Waals surface area contributed by atoms with Gasteiger partial charge in [-0.15, -0.1) is 0 Å². The predicted molar refractivity (Wildman–Crippen MR) is 105 cm³/mol. The number of hydrogen-bond acceptors (Lipinski definition) is 3. The lowest BCUT2D eigenvalue weighted by molar-refractivity contribution is 0.102. The number of aromatic nitrogens is 1. The SMILES string of the molecule is CC(Nc1ccc(C(=O)Nc2ccc(Br)cc2)cn1)c1ccccc1. The molecule has 0 saturated heterocycles. The molecule has 0 aliphatic carbocycles. The normalized spacial score (nSPS) is 11.6. The van der Waals surface area contributed by atoms with E-state index in [4.69, 9.17) is 0 Å². The van der Waals surface area contributed by atoms with E-state index in [1.807, 2.05) is 48.5 Å². The number of amides is 1. The second-order valence-corrected chi connectivity index (χ2v) is 6.59. The largest absolute Gasteiger partial charge is 0.364 e. The number of hydrogen-bond donors (Lipinski definition) is 2. The molecular weight excluding hydrogens is 378 g/mol. The molecule has 3 rings (SSSR count). The zero-order valence-corrected chi connectivity index (χ0v) is 15.3. The summed E-state index contributed by atoms with van der Waals surface area (Å²) in [7, 11) is 0. The number of benzene rings is 2. The summed E-state index contributed by atoms with van der Waals surface area (Å²) in [6.45, 7) is 2.07. The molecule has 0 bridgehead atoms. The average molecular weight is 396 g/mol. The average Bonchev–Trinajstić information content (AvgIpc) is 2.65. The van der Waals surface area contributed by atoms with Crippen LogP contribution >= 0.6 is 15.9 Å². The molecule has 1 unspecified atom stereocenters. The van der Waals surface area contributed by atoms with Gasteiger partial charge in [-0.2, -0.15) is 0 Å². The second-order valence-electron chi connectivity index (χ2n) is 5.67. The molecule has 0 radical (unpaired) electrons. The lowest BCUT2D eigenvalue weighted by atomic mass is 10.1. The maximum atomic E-state index is 12.3. The number of rotatable bonds is 5. The smallest absolute Gasteiger partial charge is 0.257 e. The molecular formula is C20H18BrN3O. The van der Waals surface area contributed by atoms with E-state index in [1.54, 1.807) is 12.3 Å². The van der Waals surface area contributed by atoms with Gasteiger partial charge in [0.25, 0.3) is 5.91 Å². The van der Waals surface area contributed by atoms with Crippen LogP contribution in [-0.4, -0.2) is 10.9 Å². The molecule has 2 N–H and O–H groups in total. The maximum Gasteiger partial charge on any atom is 0.257 e. The van der Waals surface area contributed by atoms with Crippen molar-refractivity contribution in [2.24, 2.45) is 0 Å². The van der Waals surface area contributed by atoms with E-state index in [9.17, 15) is 4.79 Å². The van der Waals surface area contributed by atoms with Crippen LogP contribution in [0.3, 0.4) is 0 Å². The number of carbonyl (C=O) groups excluding carboxylic acids is 1. The monoisotopic (exact) mass is 395 g/mol. The van der Waals surface area contributed by atoms with Crippen molar-refractivity contribution in [3.8, 4) is 0 Å². The highest BCUT2D eigenvalue weighted by Crippen LogP contribution is 2.18. The lowest BCUT2D eigenvalue weighted by Gasteiger charge is -2.15. The third kappa shape index (κ3) is 4.67. The highest BCUT2D eigenvalue weighted by Gasteiger charge is 2.09. The minimum Gasteiger partial charge on any atom is -0.364 e. The first kappa shape index (κ1) is 17.2. The van der Waals surface area contributed by atoms with Gasteiger partial charge in [-0.3, -0.25) is 4.79 Å². The fourth-order valence-electron chi connectivity index (χ4n) is 2.40. The Hall–Kier alpha value is -2.66. The number of carbonyl (C=O) groups is 1. The standard InChI is InChI=1S/C20H18BrN3O/c1-14(15-5-3-2-4-6-15)23-19-12-7-16(13-22-19)20(25)24-18-10-8-17(21)9-11-18/h2-14H,1H3,(H,22,23)(H,24,25). The summed E-state index contributed by atoms with van der Waals surface area (Å²) >= 11 is 3.37. The molecule has 126 valence electrons. The van der Waals surface area contributed by atoms with Crippen molar-refractivity contribution in [2.45, 2.75) is 13.0 Å². The first-order valence-electron chi connectivity index (χ1n) is 7.96. The van der Waals surface area contributed by atoms with Crippen molar-refractivity contribution in [1.29, 1.82) is 0 Å². The molecule has 0 spiro atoms. The van der Waals surface area contributed by atoms with Crippen LogP contribution in [0.5, 0.6) is 0 Å². The highest BCUT2D eigenvalue weighted by atomic mass is 79.9. The molecule has 1 amide bonds. The lowest BCUT2D eigenvalue weighted by Crippen LogP contribution is -2.13. The van der Waals surface area contributed by atoms with Gasteiger partial charge in [0.2, 0.25) is 0 Å². The number of anilines is 2. The van der Waals surface area contributed by atoms with E-state index in [0.717, 1.165) is 16.0 Å². The van der Waals surface area contributed by atoms with Crippen LogP contribution in [0.1, 0.15) is 28.9 Å². The summed E-state index contributed by atoms with van der Waals surface area (Å²) in [5, 5.41) is 6.18. The van der Waals surface area contributed by atoms with Gasteiger partial charge in [-0.25, -0.2) is 4.98 Å². The number of halogens is 1. The van der Waals surface area contributed by atoms with Crippen LogP contribution < -0.4 is 10.6 Å². The molecule has 1 atom stereocenters. The Morgan fingerprint density at radius 1 is 1.00 bits per heavy atom. The van der Waals surface area contributed by atoms with E-state index in [0.29, 0.717) is 5.56 Å². The van der Waals surface area contributed by atoms with E-state index in [2.05, 4.69) is 50.6 Å². The Labute approximate surface area is 155 Å². The van der Waals surface area contributed by atoms with Crippen LogP contribution in [0.25, 0.3) is 0 Å². The van der Waals surface area contributed by atoms with E-state index < -0.39 is 0 Å². The minimum atomic E-state index is -0.183. The minimum absolute atomic E-state index is 0.135. The predicted octanol–water partition coefficient (Wildman–Crippen LogP) is 5.27. The Balaban J connectivity index is 1.63. The van der Waals surface area contributed by atoms with Crippen LogP contribution in [0.4, 0.5) is 11.5 Å². The number of nitrogens with one attached hydrogen (secondary N) is 2. The fourth-order valence-corrected chi connectivity index (χ4v) is 2.66. The molecule has 0 fully saturated rings. The zero-order chi connectivity index (χ0) is 17.6. The highest BCUT2D eigenvalue weighted by molar-refractivity contribution is 9.10. The van der Waals surface area contributed by atoms with Crippen molar-refractivity contribution < 1.29 is 4.79 Å². The topological polar surface area (TPSA) is 54.0 Å². The third-order valence-corrected chi connectivity index (χ3v) is 4.32. The number of pyridine rings is 1. The van der Waals surface area contributed by atoms with E-state index in [-0.39, 0.29) is 11.9 Å². The van der Waals surface area contributed by atoms with Gasteiger partial charge >= 0.3 is 0 Å². The van der Waals surface area contributed by atoms with Gasteiger partial charge in [-0.1, -0.05) is 46.3 Å². The molecule has 1 heterocycles. The van der Waals surface area contributed by atoms with Gasteiger partial charge in [0.15, 0.2) is 0 Å². The molecule has 2 aromatic carbocycles. The summed E-state index contributed by atoms with van der Waals surface area (Å²) in [6.07, 6.45) is 1.58. The van der Waals surface area contributed by atoms with Crippen LogP contribution in [0.15, 0.2) is 77.4 Å². The Kier molecular flexibility index (Phi) is 5.46. The molecule has 4 nitrogen and oxygen atoms in total. The van der Waals surface area contributed by atoms with Gasteiger partial charge in [0, 0.05) is 22.4 Å². The summed E-state index contributed by atoms with van der Waals surface area (Å²) in [6, 6.07) is 21.3. The van der Waals surface area contributed by atoms with Crippen LogP contribution in [0.2, 0.25) is 0 Å². The molecule has 0 saturated carbocycles. The summed E-state index contributed by atoms with van der Waals surface area (Å²) in [5.74, 6) is 0.550. The van der Waals surface area contributed by atoms with Crippen LogP contribution in [-0.2, 0) is 0 Å². The van der Waals surface area contributed by atoms with Gasteiger partial charge in [-0.05, 0) is 48.9 Å². The third-order valence-electron chi connectivity index (χ3n) is 3.79. The second kappa shape index (κ2) is 7.94. The van der Waals surface area contributed by atoms with E-state index in [1.165, 1.54) is 5.56 Å². The fraction of sp³-hybridized carbons (Fsp3) is 0.100. The zero-order valence-electron chi connectivity index (χ0n) is 13.7. The van der Waals surface area contributed by atoms with Crippen molar-refractivity contribution in [3.63, 3.8) is 0 Å². The van der Waals surface area contributed by atoms with Crippen molar-refractivity contribution in [2.75, 3.05) is 10.6 Å². The molecule has 1 aromatic heterocycles. The molecule has 3 aromatic rings. The Morgan fingerprint density at radius 3 is 2.36 bits per heavy atom. The van der Waals surface area contributed by atoms with E-state index >= 15 is 0 Å². The number of nitrogens with zero attached hydrogens (tertiary/aromatic N) is 1. The molecule has 5 heteroatoms. The first-order chi connectivity index (χ1) is 12.1. The molecule has 0 aliphatic rings. The van der Waals surface area contributed by atoms with Crippen molar-refractivity contribution in [3.05, 3.63) is 88.5 Å². The quantitative estimate of drug-likeness (QED) is 0.618. The molecule has 0 aliphatic heterocycles. The Bertz CT molecular complexity index is 833. The Morgan fingerprint density at radius 2 is 1.72 bits per heavy atom. The molecule has 25 heavy (non-hydrogen) atoms. The van der Waals surface area contributed by atoms with Crippen molar-refractivity contribution >= 4 is 33.3 Å². The first-order valence-corrected chi connectivity index (χ1v) is 8.75. The summed E-state index contributed by atoms with van der Waals surface area (Å²) < 4.78 is 0.968. The van der Waals surface area contributed by atoms with Crippen LogP contribution in [0, 0.1) is 0 Å². The maximum absolute atomic E-state index is 12.3. The summed E-state index contributed by atoms with van der Waals surface area (Å²) in [5.41, 5.74) is 2.44. The van der Waals surface area contributed by atoms with Gasteiger partial charge in [0.1, 0.15) is 5.82 Å². The van der Waals surface area contributed by atoms with Gasteiger partial charge in [0.05, 0.1) is 5.56 Å². The summed E-state index contributed by atoms with van der Waals surface area (Å²) in [4.78, 5) is 16.6. The van der Waals surface area contributed by atoms with Gasteiger partial charge < -0.3 is 10.6 Å². The van der Waals surface area contributed by atoms with Crippen molar-refractivity contribution in [1.82, 2.24) is 4.98 Å².